The van der Waals surface area contributed by atoms with E-state index in [1.54, 1.807) is 11.0 Å². The average Bonchev–Trinajstić information content (AvgIpc) is 3.49. The van der Waals surface area contributed by atoms with Crippen LogP contribution in [0.1, 0.15) is 112 Å². The van der Waals surface area contributed by atoms with Crippen LogP contribution in [0.15, 0.2) is 12.7 Å². The first-order chi connectivity index (χ1) is 22.9. The van der Waals surface area contributed by atoms with E-state index in [0.717, 1.165) is 64.2 Å². The lowest BCUT2D eigenvalue weighted by atomic mass is 9.73. The second-order valence-electron chi connectivity index (χ2n) is 17.6. The first-order valence-electron chi connectivity index (χ1n) is 18.5. The van der Waals surface area contributed by atoms with Crippen LogP contribution < -0.4 is 21.1 Å². The molecule has 0 aromatic carbocycles. The summed E-state index contributed by atoms with van der Waals surface area (Å²) >= 11 is 0. The van der Waals surface area contributed by atoms with Gasteiger partial charge in [-0.05, 0) is 73.5 Å². The Bertz CT molecular complexity index is 1490. The van der Waals surface area contributed by atoms with Crippen LogP contribution in [0.5, 0.6) is 0 Å². The van der Waals surface area contributed by atoms with Crippen molar-refractivity contribution in [3.63, 3.8) is 0 Å². The van der Waals surface area contributed by atoms with Crippen LogP contribution in [0.4, 0.5) is 0 Å². The summed E-state index contributed by atoms with van der Waals surface area (Å²) in [5, 5.41) is 5.96. The van der Waals surface area contributed by atoms with E-state index in [2.05, 4.69) is 35.8 Å². The second-order valence-corrected chi connectivity index (χ2v) is 19.3. The molecular weight excluding hydrogens is 644 g/mol. The summed E-state index contributed by atoms with van der Waals surface area (Å²) in [5.41, 5.74) is 3.97. The summed E-state index contributed by atoms with van der Waals surface area (Å²) in [6.07, 6.45) is 11.8. The number of carbonyl (C=O) groups excluding carboxylic acids is 4. The molecular formula is C36H58N6O6S. The lowest BCUT2D eigenvalue weighted by Gasteiger charge is -2.37. The third kappa shape index (κ3) is 5.73. The minimum Gasteiger partial charge on any atom is -0.342 e. The highest BCUT2D eigenvalue weighted by molar-refractivity contribution is 7.87. The van der Waals surface area contributed by atoms with Crippen LogP contribution in [0, 0.1) is 33.5 Å². The highest BCUT2D eigenvalue weighted by atomic mass is 32.2. The summed E-state index contributed by atoms with van der Waals surface area (Å²) in [6.45, 7) is 15.0. The third-order valence-electron chi connectivity index (χ3n) is 13.9. The van der Waals surface area contributed by atoms with Gasteiger partial charge in [0.25, 0.3) is 5.91 Å². The number of hydrogen-bond donors (Lipinski definition) is 4. The molecule has 4 amide bonds. The van der Waals surface area contributed by atoms with Crippen molar-refractivity contribution in [2.45, 2.75) is 135 Å². The van der Waals surface area contributed by atoms with Crippen molar-refractivity contribution < 1.29 is 27.6 Å². The van der Waals surface area contributed by atoms with Crippen LogP contribution in [-0.4, -0.2) is 84.6 Å². The lowest BCUT2D eigenvalue weighted by Crippen LogP contribution is -2.61. The van der Waals surface area contributed by atoms with Gasteiger partial charge >= 0.3 is 10.2 Å². The van der Waals surface area contributed by atoms with Gasteiger partial charge in [0.15, 0.2) is 0 Å². The second kappa shape index (κ2) is 12.3. The Labute approximate surface area is 292 Å². The van der Waals surface area contributed by atoms with Crippen molar-refractivity contribution in [3.8, 4) is 0 Å². The molecule has 2 aliphatic heterocycles. The maximum Gasteiger partial charge on any atom is 0.303 e. The van der Waals surface area contributed by atoms with Gasteiger partial charge in [-0.25, -0.2) is 4.72 Å². The standard InChI is InChI=1S/C36H58N6O6S/c1-7-24-20-36(24,31(46)40-49(47,48)41-18-11-12-19-41)39-28(43)25-21-35(33(5,6)34(35)16-13-17-34)22-42(25)30(45)27(32(2,3)4)38-29(44)26(37)23-14-9-8-10-15-23/h7,23-27H,1,8-22,37H2,2-6H3,(H,38,44)(H,39,43)(H,40,46)/t24-,25+,26?,27-,35-,36-/m1/s1. The molecule has 6 fully saturated rings. The first kappa shape index (κ1) is 36.3. The number of nitrogens with zero attached hydrogens (tertiary/aromatic N) is 2. The molecule has 0 radical (unpaired) electrons. The molecule has 49 heavy (non-hydrogen) atoms. The summed E-state index contributed by atoms with van der Waals surface area (Å²) in [4.78, 5) is 58.1. The van der Waals surface area contributed by atoms with Crippen LogP contribution in [0.3, 0.4) is 0 Å². The predicted molar refractivity (Wildman–Crippen MR) is 186 cm³/mol. The van der Waals surface area contributed by atoms with E-state index in [1.165, 1.54) is 4.31 Å². The van der Waals surface area contributed by atoms with Crippen molar-refractivity contribution in [2.75, 3.05) is 19.6 Å². The molecule has 274 valence electrons. The normalized spacial score (nSPS) is 33.4. The Balaban J connectivity index is 1.26. The first-order valence-corrected chi connectivity index (χ1v) is 19.9. The smallest absolute Gasteiger partial charge is 0.303 e. The van der Waals surface area contributed by atoms with E-state index in [4.69, 9.17) is 5.73 Å². The van der Waals surface area contributed by atoms with E-state index in [1.807, 2.05) is 20.8 Å². The topological polar surface area (TPSA) is 171 Å². The van der Waals surface area contributed by atoms with E-state index in [0.29, 0.717) is 26.1 Å². The summed E-state index contributed by atoms with van der Waals surface area (Å²) in [6, 6.07) is -2.54. The van der Waals surface area contributed by atoms with Gasteiger partial charge in [0, 0.05) is 31.0 Å². The zero-order chi connectivity index (χ0) is 35.8. The van der Waals surface area contributed by atoms with Gasteiger partial charge < -0.3 is 21.3 Å². The maximum absolute atomic E-state index is 14.8. The number of carbonyl (C=O) groups is 4. The molecule has 1 unspecified atom stereocenters. The van der Waals surface area contributed by atoms with Gasteiger partial charge in [0.1, 0.15) is 17.6 Å². The van der Waals surface area contributed by atoms with Gasteiger partial charge in [-0.3, -0.25) is 19.2 Å². The van der Waals surface area contributed by atoms with E-state index < -0.39 is 57.0 Å². The van der Waals surface area contributed by atoms with Gasteiger partial charge in [0.05, 0.1) is 6.04 Å². The summed E-state index contributed by atoms with van der Waals surface area (Å²) in [5.74, 6) is -2.35. The van der Waals surface area contributed by atoms with Gasteiger partial charge in [-0.2, -0.15) is 12.7 Å². The average molecular weight is 703 g/mol. The molecule has 0 aromatic rings. The molecule has 12 nitrogen and oxygen atoms in total. The Kier molecular flexibility index (Phi) is 9.12. The fourth-order valence-corrected chi connectivity index (χ4v) is 11.6. The number of amides is 4. The SMILES string of the molecule is C=C[C@@H]1C[C@]1(NC(=O)[C@@H]1C[C@@]2(CN1C(=O)[C@@H](NC(=O)C(N)C1CCCCC1)C(C)(C)C)C(C)(C)C21CCC1)C(=O)NS(=O)(=O)N1CCCC1. The molecule has 6 rings (SSSR count). The van der Waals surface area contributed by atoms with Crippen molar-refractivity contribution in [1.82, 2.24) is 24.6 Å². The van der Waals surface area contributed by atoms with Crippen molar-refractivity contribution in [1.29, 1.82) is 0 Å². The highest BCUT2D eigenvalue weighted by Crippen LogP contribution is 2.88. The molecule has 6 atom stereocenters. The minimum absolute atomic E-state index is 0.0273. The van der Waals surface area contributed by atoms with Crippen LogP contribution in [-0.2, 0) is 29.4 Å². The number of nitrogens with two attached hydrogens (primary N) is 1. The monoisotopic (exact) mass is 702 g/mol. The number of hydrogen-bond acceptors (Lipinski definition) is 7. The molecule has 2 heterocycles. The third-order valence-corrected chi connectivity index (χ3v) is 15.4. The number of likely N-dealkylation sites (tertiary alicyclic amines) is 1. The molecule has 4 aliphatic carbocycles. The Morgan fingerprint density at radius 3 is 2.08 bits per heavy atom. The molecule has 0 aromatic heterocycles. The van der Waals surface area contributed by atoms with E-state index >= 15 is 0 Å². The molecule has 0 bridgehead atoms. The largest absolute Gasteiger partial charge is 0.342 e. The van der Waals surface area contributed by atoms with Crippen molar-refractivity contribution >= 4 is 33.8 Å². The Morgan fingerprint density at radius 1 is 0.939 bits per heavy atom. The number of nitrogens with one attached hydrogen (secondary N) is 3. The maximum atomic E-state index is 14.8. The zero-order valence-electron chi connectivity index (χ0n) is 30.1. The Hall–Kier alpha value is -2.51. The zero-order valence-corrected chi connectivity index (χ0v) is 30.9. The summed E-state index contributed by atoms with van der Waals surface area (Å²) < 4.78 is 29.5. The van der Waals surface area contributed by atoms with E-state index in [9.17, 15) is 27.6 Å². The molecule has 2 spiro atoms. The predicted octanol–water partition coefficient (Wildman–Crippen LogP) is 2.74. The molecule has 6 aliphatic rings. The molecule has 2 saturated heterocycles. The van der Waals surface area contributed by atoms with Crippen LogP contribution >= 0.6 is 0 Å². The van der Waals surface area contributed by atoms with Crippen molar-refractivity contribution in [2.24, 2.45) is 39.2 Å². The molecule has 4 saturated carbocycles. The quantitative estimate of drug-likeness (QED) is 0.254. The fraction of sp³-hybridized carbons (Fsp3) is 0.833. The fourth-order valence-electron chi connectivity index (χ4n) is 10.4. The highest BCUT2D eigenvalue weighted by Gasteiger charge is 2.85. The molecule has 5 N–H and O–H groups in total. The Morgan fingerprint density at radius 2 is 1.57 bits per heavy atom. The van der Waals surface area contributed by atoms with Gasteiger partial charge in [-0.1, -0.05) is 66.4 Å². The molecule has 13 heteroatoms. The van der Waals surface area contributed by atoms with Crippen molar-refractivity contribution in [3.05, 3.63) is 12.7 Å². The minimum atomic E-state index is -4.07. The van der Waals surface area contributed by atoms with Gasteiger partial charge in [0.2, 0.25) is 17.7 Å². The van der Waals surface area contributed by atoms with Gasteiger partial charge in [-0.15, -0.1) is 6.58 Å². The summed E-state index contributed by atoms with van der Waals surface area (Å²) in [7, 11) is -4.07. The number of fused-ring (bicyclic) bond motifs is 1. The van der Waals surface area contributed by atoms with E-state index in [-0.39, 0.29) is 40.4 Å². The van der Waals surface area contributed by atoms with Crippen LogP contribution in [0.25, 0.3) is 0 Å². The lowest BCUT2D eigenvalue weighted by molar-refractivity contribution is -0.145. The van der Waals surface area contributed by atoms with Crippen LogP contribution in [0.2, 0.25) is 0 Å². The number of rotatable bonds is 10.